The van der Waals surface area contributed by atoms with Crippen LogP contribution in [0.3, 0.4) is 0 Å². The summed E-state index contributed by atoms with van der Waals surface area (Å²) in [5.41, 5.74) is 0.779. The number of pyridine rings is 1. The molecule has 0 radical (unpaired) electrons. The molecule has 36 heavy (non-hydrogen) atoms. The van der Waals surface area contributed by atoms with Gasteiger partial charge in [0.25, 0.3) is 5.91 Å². The van der Waals surface area contributed by atoms with E-state index in [1.807, 2.05) is 12.1 Å². The van der Waals surface area contributed by atoms with Crippen molar-refractivity contribution in [2.75, 3.05) is 18.5 Å². The molecule has 4 rings (SSSR count). The molecule has 1 aliphatic rings. The number of rotatable bonds is 10. The topological polar surface area (TPSA) is 110 Å². The molecule has 2 atom stereocenters. The minimum absolute atomic E-state index is 0.0475. The average molecular weight is 530 g/mol. The van der Waals surface area contributed by atoms with E-state index in [1.165, 1.54) is 12.1 Å². The van der Waals surface area contributed by atoms with Crippen molar-refractivity contribution >= 4 is 40.9 Å². The fourth-order valence-electron chi connectivity index (χ4n) is 3.82. The number of hydrogen-bond acceptors (Lipinski definition) is 6. The van der Waals surface area contributed by atoms with E-state index < -0.39 is 17.9 Å². The summed E-state index contributed by atoms with van der Waals surface area (Å²) in [7, 11) is 0. The number of carbonyl (C=O) groups excluding carboxylic acids is 1. The van der Waals surface area contributed by atoms with Crippen LogP contribution < -0.4 is 20.1 Å². The Morgan fingerprint density at radius 3 is 2.61 bits per heavy atom. The van der Waals surface area contributed by atoms with Crippen molar-refractivity contribution in [1.29, 1.82) is 0 Å². The second-order valence-corrected chi connectivity index (χ2v) is 9.12. The van der Waals surface area contributed by atoms with Crippen LogP contribution in [0.2, 0.25) is 10.0 Å². The molecular weight excluding hydrogens is 505 g/mol. The van der Waals surface area contributed by atoms with Gasteiger partial charge in [-0.1, -0.05) is 41.4 Å². The highest BCUT2D eigenvalue weighted by molar-refractivity contribution is 6.39. The molecule has 3 N–H and O–H groups in total. The summed E-state index contributed by atoms with van der Waals surface area (Å²) in [6.45, 7) is 1.11. The van der Waals surface area contributed by atoms with Crippen LogP contribution in [-0.2, 0) is 11.2 Å². The Bertz CT molecular complexity index is 1200. The summed E-state index contributed by atoms with van der Waals surface area (Å²) in [4.78, 5) is 28.6. The van der Waals surface area contributed by atoms with E-state index >= 15 is 0 Å². The Hall–Kier alpha value is -3.49. The van der Waals surface area contributed by atoms with Gasteiger partial charge in [-0.25, -0.2) is 9.78 Å². The van der Waals surface area contributed by atoms with Gasteiger partial charge in [-0.2, -0.15) is 0 Å². The minimum atomic E-state index is -1.16. The van der Waals surface area contributed by atoms with E-state index in [1.54, 1.807) is 36.5 Å². The van der Waals surface area contributed by atoms with Crippen LogP contribution in [0, 0.1) is 0 Å². The summed E-state index contributed by atoms with van der Waals surface area (Å²) < 4.78 is 11.5. The van der Waals surface area contributed by atoms with E-state index in [2.05, 4.69) is 15.6 Å². The first-order valence-electron chi connectivity index (χ1n) is 11.4. The van der Waals surface area contributed by atoms with Crippen LogP contribution in [-0.4, -0.2) is 47.3 Å². The summed E-state index contributed by atoms with van der Waals surface area (Å²) in [5.74, 6) is 0.399. The predicted molar refractivity (Wildman–Crippen MR) is 137 cm³/mol. The maximum atomic E-state index is 12.6. The highest BCUT2D eigenvalue weighted by atomic mass is 35.5. The molecule has 1 aliphatic heterocycles. The molecular formula is C26H25Cl2N3O5. The number of fused-ring (bicyclic) bond motifs is 1. The Balaban J connectivity index is 1.24. The van der Waals surface area contributed by atoms with E-state index in [-0.39, 0.29) is 28.1 Å². The van der Waals surface area contributed by atoms with Crippen molar-refractivity contribution in [1.82, 2.24) is 10.3 Å². The summed E-state index contributed by atoms with van der Waals surface area (Å²) >= 11 is 12.1. The number of carbonyl (C=O) groups is 2. The SMILES string of the molecule is O=C(N[C@H](Cc1ccc(OCCCC2COc3cccnc3N2)cc1)C(=O)O)c1c(Cl)cccc1Cl. The van der Waals surface area contributed by atoms with Gasteiger partial charge in [0.15, 0.2) is 11.6 Å². The van der Waals surface area contributed by atoms with Crippen molar-refractivity contribution in [3.8, 4) is 11.5 Å². The van der Waals surface area contributed by atoms with Crippen molar-refractivity contribution in [3.63, 3.8) is 0 Å². The van der Waals surface area contributed by atoms with Gasteiger partial charge in [-0.3, -0.25) is 4.79 Å². The Morgan fingerprint density at radius 1 is 1.14 bits per heavy atom. The zero-order chi connectivity index (χ0) is 25.5. The van der Waals surface area contributed by atoms with Crippen molar-refractivity contribution < 1.29 is 24.2 Å². The Kier molecular flexibility index (Phi) is 8.51. The molecule has 1 unspecified atom stereocenters. The molecule has 2 heterocycles. The standard InChI is InChI=1S/C26H25Cl2N3O5/c27-19-5-1-6-20(28)23(19)25(32)31-21(26(33)34)14-16-8-10-18(11-9-16)35-13-3-4-17-15-36-22-7-2-12-29-24(22)30-17/h1-2,5-12,17,21H,3-4,13-15H2,(H,29,30)(H,31,32)(H,33,34)/t17?,21-/m1/s1. The van der Waals surface area contributed by atoms with E-state index in [0.717, 1.165) is 30.0 Å². The number of anilines is 1. The molecule has 1 amide bonds. The third kappa shape index (κ3) is 6.59. The molecule has 10 heteroatoms. The molecule has 2 aromatic carbocycles. The van der Waals surface area contributed by atoms with Gasteiger partial charge in [0.1, 0.15) is 18.4 Å². The lowest BCUT2D eigenvalue weighted by molar-refractivity contribution is -0.139. The van der Waals surface area contributed by atoms with E-state index in [4.69, 9.17) is 32.7 Å². The lowest BCUT2D eigenvalue weighted by Gasteiger charge is -2.26. The van der Waals surface area contributed by atoms with Crippen LogP contribution >= 0.6 is 23.2 Å². The number of halogens is 2. The van der Waals surface area contributed by atoms with Gasteiger partial charge in [-0.15, -0.1) is 0 Å². The summed E-state index contributed by atoms with van der Waals surface area (Å²) in [6.07, 6.45) is 3.50. The molecule has 0 saturated heterocycles. The molecule has 0 spiro atoms. The van der Waals surface area contributed by atoms with Gasteiger partial charge in [-0.05, 0) is 54.8 Å². The van der Waals surface area contributed by atoms with Crippen LogP contribution in [0.5, 0.6) is 11.5 Å². The first kappa shape index (κ1) is 25.6. The molecule has 188 valence electrons. The van der Waals surface area contributed by atoms with Gasteiger partial charge >= 0.3 is 5.97 Å². The van der Waals surface area contributed by atoms with Crippen molar-refractivity contribution in [2.45, 2.75) is 31.3 Å². The molecule has 0 fully saturated rings. The zero-order valence-corrected chi connectivity index (χ0v) is 20.8. The van der Waals surface area contributed by atoms with Gasteiger partial charge in [0.05, 0.1) is 28.3 Å². The van der Waals surface area contributed by atoms with Gasteiger partial charge in [0.2, 0.25) is 0 Å². The number of nitrogens with one attached hydrogen (secondary N) is 2. The Morgan fingerprint density at radius 2 is 1.89 bits per heavy atom. The van der Waals surface area contributed by atoms with Crippen LogP contribution in [0.25, 0.3) is 0 Å². The maximum absolute atomic E-state index is 12.6. The Labute approximate surface area is 218 Å². The first-order valence-corrected chi connectivity index (χ1v) is 12.2. The number of amides is 1. The number of aliphatic carboxylic acids is 1. The quantitative estimate of drug-likeness (QED) is 0.322. The molecule has 0 aliphatic carbocycles. The number of carboxylic acids is 1. The summed E-state index contributed by atoms with van der Waals surface area (Å²) in [5, 5.41) is 15.8. The van der Waals surface area contributed by atoms with E-state index in [0.29, 0.717) is 19.0 Å². The van der Waals surface area contributed by atoms with Crippen LogP contribution in [0.4, 0.5) is 5.82 Å². The third-order valence-corrected chi connectivity index (χ3v) is 6.30. The monoisotopic (exact) mass is 529 g/mol. The number of nitrogens with zero attached hydrogens (tertiary/aromatic N) is 1. The molecule has 0 saturated carbocycles. The third-order valence-electron chi connectivity index (χ3n) is 5.67. The lowest BCUT2D eigenvalue weighted by atomic mass is 10.1. The number of ether oxygens (including phenoxy) is 2. The maximum Gasteiger partial charge on any atom is 0.326 e. The number of aromatic nitrogens is 1. The molecule has 3 aromatic rings. The molecule has 8 nitrogen and oxygen atoms in total. The fraction of sp³-hybridized carbons (Fsp3) is 0.269. The summed E-state index contributed by atoms with van der Waals surface area (Å²) in [6, 6.07) is 14.5. The highest BCUT2D eigenvalue weighted by Crippen LogP contribution is 2.27. The fourth-order valence-corrected chi connectivity index (χ4v) is 4.39. The predicted octanol–water partition coefficient (Wildman–Crippen LogP) is 4.85. The second kappa shape index (κ2) is 12.0. The lowest BCUT2D eigenvalue weighted by Crippen LogP contribution is -2.42. The minimum Gasteiger partial charge on any atom is -0.494 e. The normalized spacial score (nSPS) is 15.1. The zero-order valence-electron chi connectivity index (χ0n) is 19.2. The largest absolute Gasteiger partial charge is 0.494 e. The van der Waals surface area contributed by atoms with Crippen LogP contribution in [0.15, 0.2) is 60.8 Å². The number of hydrogen-bond donors (Lipinski definition) is 3. The molecule has 0 bridgehead atoms. The van der Waals surface area contributed by atoms with Crippen LogP contribution in [0.1, 0.15) is 28.8 Å². The van der Waals surface area contributed by atoms with Gasteiger partial charge < -0.3 is 25.2 Å². The van der Waals surface area contributed by atoms with Crippen molar-refractivity contribution in [3.05, 3.63) is 82.0 Å². The second-order valence-electron chi connectivity index (χ2n) is 8.30. The van der Waals surface area contributed by atoms with E-state index in [9.17, 15) is 14.7 Å². The van der Waals surface area contributed by atoms with Gasteiger partial charge in [0, 0.05) is 12.6 Å². The average Bonchev–Trinajstić information content (AvgIpc) is 2.87. The highest BCUT2D eigenvalue weighted by Gasteiger charge is 2.24. The number of carboxylic acid groups (broad SMARTS) is 1. The van der Waals surface area contributed by atoms with Crippen molar-refractivity contribution in [2.24, 2.45) is 0 Å². The smallest absolute Gasteiger partial charge is 0.326 e. The number of benzene rings is 2. The first-order chi connectivity index (χ1) is 17.4. The molecule has 1 aromatic heterocycles.